The van der Waals surface area contributed by atoms with E-state index in [2.05, 4.69) is 30.1 Å². The first-order chi connectivity index (χ1) is 21.2. The average molecular weight is 607 g/mol. The summed E-state index contributed by atoms with van der Waals surface area (Å²) in [6.07, 6.45) is 6.99. The summed E-state index contributed by atoms with van der Waals surface area (Å²) in [5.41, 5.74) is 0.327. The van der Waals surface area contributed by atoms with Crippen molar-refractivity contribution < 1.29 is 23.1 Å². The fraction of sp³-hybridized carbons (Fsp3) is 0.515. The van der Waals surface area contributed by atoms with Crippen LogP contribution in [-0.4, -0.2) is 73.0 Å². The van der Waals surface area contributed by atoms with Gasteiger partial charge in [0, 0.05) is 73.0 Å². The Hall–Kier alpha value is -3.57. The van der Waals surface area contributed by atoms with Gasteiger partial charge < -0.3 is 15.3 Å². The molecule has 4 fully saturated rings. The van der Waals surface area contributed by atoms with Crippen molar-refractivity contribution in [3.63, 3.8) is 0 Å². The molecular formula is C33H37F3N6O2. The van der Waals surface area contributed by atoms with Gasteiger partial charge in [0.2, 0.25) is 5.91 Å². The highest BCUT2D eigenvalue weighted by Crippen LogP contribution is 2.43. The summed E-state index contributed by atoms with van der Waals surface area (Å²) in [5, 5.41) is 14.7. The van der Waals surface area contributed by atoms with Crippen LogP contribution in [0.25, 0.3) is 11.4 Å². The van der Waals surface area contributed by atoms with Gasteiger partial charge in [-0.2, -0.15) is 13.2 Å². The lowest BCUT2D eigenvalue weighted by molar-refractivity contribution is -0.139. The number of carbonyl (C=O) groups is 1. The van der Waals surface area contributed by atoms with Gasteiger partial charge in [0.05, 0.1) is 11.3 Å². The molecule has 1 aromatic carbocycles. The number of anilines is 1. The Morgan fingerprint density at radius 3 is 2.39 bits per heavy atom. The number of rotatable bonds is 6. The van der Waals surface area contributed by atoms with E-state index in [1.165, 1.54) is 6.07 Å². The number of aliphatic hydroxyl groups is 1. The standard InChI is InChI=1S/C33H37F3N6O2/c34-33(35,36)23-3-1-4-24(19-23)40-25-17-22(18-25)31(43)42-16-10-27-28(42)9-15-41(27)26-7-11-32(44,12-8-26)29-6-5-21(20-39-29)30-37-13-2-14-38-30/h1-6,13-14,19-20,22,25-28,40,44H,7-12,15-18H2/t22?,25?,26-,27-,28-,32+/m0/s1. The third-order valence-corrected chi connectivity index (χ3v) is 10.3. The van der Waals surface area contributed by atoms with E-state index in [4.69, 9.17) is 0 Å². The van der Waals surface area contributed by atoms with Gasteiger partial charge in [-0.1, -0.05) is 6.07 Å². The van der Waals surface area contributed by atoms with E-state index in [0.717, 1.165) is 56.5 Å². The summed E-state index contributed by atoms with van der Waals surface area (Å²) in [4.78, 5) is 31.3. The van der Waals surface area contributed by atoms with Gasteiger partial charge in [-0.05, 0) is 87.8 Å². The minimum atomic E-state index is -4.38. The van der Waals surface area contributed by atoms with E-state index in [1.54, 1.807) is 30.7 Å². The maximum absolute atomic E-state index is 13.5. The van der Waals surface area contributed by atoms with Crippen molar-refractivity contribution in [3.8, 4) is 11.4 Å². The molecule has 0 radical (unpaired) electrons. The molecular weight excluding hydrogens is 569 g/mol. The number of halogens is 3. The van der Waals surface area contributed by atoms with E-state index in [9.17, 15) is 23.1 Å². The fourth-order valence-corrected chi connectivity index (χ4v) is 7.86. The quantitative estimate of drug-likeness (QED) is 0.396. The summed E-state index contributed by atoms with van der Waals surface area (Å²) < 4.78 is 39.2. The molecule has 1 amide bonds. The third kappa shape index (κ3) is 5.56. The number of alkyl halides is 3. The highest BCUT2D eigenvalue weighted by molar-refractivity contribution is 5.81. The van der Waals surface area contributed by atoms with Crippen LogP contribution < -0.4 is 5.32 Å². The second-order valence-electron chi connectivity index (χ2n) is 12.8. The molecule has 44 heavy (non-hydrogen) atoms. The van der Waals surface area contributed by atoms with Crippen LogP contribution in [0.1, 0.15) is 62.6 Å². The van der Waals surface area contributed by atoms with Crippen molar-refractivity contribution in [2.24, 2.45) is 5.92 Å². The van der Waals surface area contributed by atoms with E-state index in [0.29, 0.717) is 55.0 Å². The third-order valence-electron chi connectivity index (χ3n) is 10.3. The Balaban J connectivity index is 0.908. The van der Waals surface area contributed by atoms with Crippen LogP contribution in [0.4, 0.5) is 18.9 Å². The lowest BCUT2D eigenvalue weighted by atomic mass is 9.79. The van der Waals surface area contributed by atoms with Crippen LogP contribution in [0.5, 0.6) is 0 Å². The van der Waals surface area contributed by atoms with E-state index in [1.807, 2.05) is 12.1 Å². The van der Waals surface area contributed by atoms with Gasteiger partial charge in [-0.25, -0.2) is 9.97 Å². The van der Waals surface area contributed by atoms with Crippen LogP contribution in [0.15, 0.2) is 61.1 Å². The molecule has 2 aliphatic heterocycles. The van der Waals surface area contributed by atoms with Crippen LogP contribution >= 0.6 is 0 Å². The Morgan fingerprint density at radius 1 is 0.932 bits per heavy atom. The average Bonchev–Trinajstić information content (AvgIpc) is 3.62. The molecule has 11 heteroatoms. The number of nitrogens with one attached hydrogen (secondary N) is 1. The van der Waals surface area contributed by atoms with Crippen molar-refractivity contribution in [3.05, 3.63) is 72.3 Å². The molecule has 3 aromatic rings. The fourth-order valence-electron chi connectivity index (χ4n) is 7.86. The Kier molecular flexibility index (Phi) is 7.56. The van der Waals surface area contributed by atoms with Crippen molar-refractivity contribution in [2.75, 3.05) is 18.4 Å². The summed E-state index contributed by atoms with van der Waals surface area (Å²) in [7, 11) is 0. The first-order valence-corrected chi connectivity index (χ1v) is 15.6. The summed E-state index contributed by atoms with van der Waals surface area (Å²) >= 11 is 0. The van der Waals surface area contributed by atoms with Crippen LogP contribution in [-0.2, 0) is 16.6 Å². The van der Waals surface area contributed by atoms with E-state index >= 15 is 0 Å². The van der Waals surface area contributed by atoms with Crippen molar-refractivity contribution in [2.45, 2.75) is 87.3 Å². The van der Waals surface area contributed by atoms with Crippen LogP contribution in [0.3, 0.4) is 0 Å². The topological polar surface area (TPSA) is 94.5 Å². The summed E-state index contributed by atoms with van der Waals surface area (Å²) in [6.45, 7) is 1.71. The van der Waals surface area contributed by atoms with Crippen LogP contribution in [0.2, 0.25) is 0 Å². The van der Waals surface area contributed by atoms with Crippen molar-refractivity contribution in [1.29, 1.82) is 0 Å². The van der Waals surface area contributed by atoms with Gasteiger partial charge in [-0.15, -0.1) is 0 Å². The number of hydrogen-bond acceptors (Lipinski definition) is 7. The molecule has 2 saturated carbocycles. The molecule has 7 rings (SSSR count). The smallest absolute Gasteiger partial charge is 0.384 e. The molecule has 2 N–H and O–H groups in total. The molecule has 232 valence electrons. The van der Waals surface area contributed by atoms with Gasteiger partial charge in [-0.3, -0.25) is 14.7 Å². The van der Waals surface area contributed by atoms with Gasteiger partial charge in [0.1, 0.15) is 5.60 Å². The number of amides is 1. The van der Waals surface area contributed by atoms with Crippen LogP contribution in [0, 0.1) is 5.92 Å². The zero-order valence-corrected chi connectivity index (χ0v) is 24.5. The molecule has 2 aromatic heterocycles. The number of pyridine rings is 1. The number of aromatic nitrogens is 3. The number of likely N-dealkylation sites (tertiary alicyclic amines) is 2. The van der Waals surface area contributed by atoms with E-state index < -0.39 is 17.3 Å². The molecule has 0 bridgehead atoms. The number of hydrogen-bond donors (Lipinski definition) is 2. The second kappa shape index (κ2) is 11.4. The lowest BCUT2D eigenvalue weighted by Crippen LogP contribution is -2.49. The molecule has 0 unspecified atom stereocenters. The molecule has 8 nitrogen and oxygen atoms in total. The molecule has 0 spiro atoms. The predicted octanol–water partition coefficient (Wildman–Crippen LogP) is 5.25. The molecule has 4 aliphatic rings. The zero-order chi connectivity index (χ0) is 30.5. The van der Waals surface area contributed by atoms with Crippen molar-refractivity contribution >= 4 is 11.6 Å². The Morgan fingerprint density at radius 2 is 1.68 bits per heavy atom. The number of nitrogens with zero attached hydrogens (tertiary/aromatic N) is 5. The maximum atomic E-state index is 13.5. The Labute approximate surface area is 254 Å². The predicted molar refractivity (Wildman–Crippen MR) is 158 cm³/mol. The highest BCUT2D eigenvalue weighted by atomic mass is 19.4. The number of benzene rings is 1. The second-order valence-corrected chi connectivity index (χ2v) is 12.8. The number of fused-ring (bicyclic) bond motifs is 1. The van der Waals surface area contributed by atoms with Gasteiger partial charge in [0.15, 0.2) is 5.82 Å². The summed E-state index contributed by atoms with van der Waals surface area (Å²) in [5.74, 6) is 0.719. The Bertz CT molecular complexity index is 1470. The summed E-state index contributed by atoms with van der Waals surface area (Å²) in [6, 6.07) is 11.8. The lowest BCUT2D eigenvalue weighted by Gasteiger charge is -2.41. The minimum Gasteiger partial charge on any atom is -0.384 e. The van der Waals surface area contributed by atoms with Gasteiger partial charge >= 0.3 is 6.18 Å². The van der Waals surface area contributed by atoms with Gasteiger partial charge in [0.25, 0.3) is 0 Å². The molecule has 4 heterocycles. The maximum Gasteiger partial charge on any atom is 0.416 e. The molecule has 2 aliphatic carbocycles. The number of carbonyl (C=O) groups excluding carboxylic acids is 1. The van der Waals surface area contributed by atoms with Crippen molar-refractivity contribution in [1.82, 2.24) is 24.8 Å². The molecule has 2 saturated heterocycles. The minimum absolute atomic E-state index is 0.00395. The zero-order valence-electron chi connectivity index (χ0n) is 24.5. The first kappa shape index (κ1) is 29.2. The van der Waals surface area contributed by atoms with E-state index in [-0.39, 0.29) is 23.9 Å². The molecule has 2 atom stereocenters. The highest BCUT2D eigenvalue weighted by Gasteiger charge is 2.50. The first-order valence-electron chi connectivity index (χ1n) is 15.6. The monoisotopic (exact) mass is 606 g/mol. The largest absolute Gasteiger partial charge is 0.416 e. The normalized spacial score (nSPS) is 30.5. The SMILES string of the molecule is O=C(C1CC(Nc2cccc(C(F)(F)F)c2)C1)N1CC[C@H]2[C@@H]1CCN2[C@H]1CC[C@](O)(c2ccc(-c3ncccn3)cn2)CC1.